The molecule has 6 heteroatoms. The van der Waals surface area contributed by atoms with E-state index in [1.54, 1.807) is 4.90 Å². The van der Waals surface area contributed by atoms with E-state index in [9.17, 15) is 13.2 Å². The second-order valence-electron chi connectivity index (χ2n) is 6.12. The maximum absolute atomic E-state index is 12.8. The van der Waals surface area contributed by atoms with E-state index < -0.39 is 14.6 Å². The Morgan fingerprint density at radius 3 is 2.37 bits per heavy atom. The van der Waals surface area contributed by atoms with E-state index >= 15 is 0 Å². The molecule has 1 saturated heterocycles. The van der Waals surface area contributed by atoms with E-state index in [1.807, 2.05) is 6.92 Å². The first-order chi connectivity index (χ1) is 8.82. The molecule has 2 unspecified atom stereocenters. The van der Waals surface area contributed by atoms with E-state index in [0.717, 1.165) is 19.3 Å². The number of carbonyl (C=O) groups excluding carboxylic acids is 1. The molecule has 0 aromatic heterocycles. The minimum Gasteiger partial charge on any atom is -0.338 e. The van der Waals surface area contributed by atoms with Crippen LogP contribution < -0.4 is 5.73 Å². The standard InChI is InChI=1S/C13H24N2O3S/c1-10-7-11(8-14)9-15(10)12(16)13(19(2,17)18)5-3-4-6-13/h10-11H,3-9,14H2,1-2H3. The zero-order chi connectivity index (χ0) is 14.3. The third-order valence-corrected chi connectivity index (χ3v) is 6.77. The molecule has 2 rings (SSSR count). The maximum Gasteiger partial charge on any atom is 0.244 e. The average molecular weight is 288 g/mol. The van der Waals surface area contributed by atoms with Crippen LogP contribution in [-0.4, -0.2) is 49.4 Å². The van der Waals surface area contributed by atoms with Gasteiger partial charge in [0.25, 0.3) is 0 Å². The zero-order valence-electron chi connectivity index (χ0n) is 11.8. The highest BCUT2D eigenvalue weighted by Gasteiger charge is 2.53. The average Bonchev–Trinajstić information content (AvgIpc) is 2.94. The van der Waals surface area contributed by atoms with Crippen LogP contribution in [0.1, 0.15) is 39.0 Å². The molecule has 19 heavy (non-hydrogen) atoms. The Morgan fingerprint density at radius 2 is 1.95 bits per heavy atom. The summed E-state index contributed by atoms with van der Waals surface area (Å²) >= 11 is 0. The Morgan fingerprint density at radius 1 is 1.37 bits per heavy atom. The smallest absolute Gasteiger partial charge is 0.244 e. The Hall–Kier alpha value is -0.620. The van der Waals surface area contributed by atoms with Crippen molar-refractivity contribution in [2.24, 2.45) is 11.7 Å². The molecule has 1 amide bonds. The molecular formula is C13H24N2O3S. The fraction of sp³-hybridized carbons (Fsp3) is 0.923. The van der Waals surface area contributed by atoms with Gasteiger partial charge in [0.05, 0.1) is 0 Å². The Labute approximate surface area is 115 Å². The molecule has 2 atom stereocenters. The second kappa shape index (κ2) is 5.05. The summed E-state index contributed by atoms with van der Waals surface area (Å²) < 4.78 is 23.1. The number of rotatable bonds is 3. The molecule has 0 aromatic rings. The predicted octanol–water partition coefficient (Wildman–Crippen LogP) is 0.540. The molecule has 5 nitrogen and oxygen atoms in total. The molecule has 2 aliphatic rings. The first-order valence-corrected chi connectivity index (χ1v) is 8.91. The largest absolute Gasteiger partial charge is 0.338 e. The lowest BCUT2D eigenvalue weighted by Gasteiger charge is -2.33. The van der Waals surface area contributed by atoms with Gasteiger partial charge in [-0.1, -0.05) is 12.8 Å². The lowest BCUT2D eigenvalue weighted by Crippen LogP contribution is -2.53. The highest BCUT2D eigenvalue weighted by atomic mass is 32.2. The van der Waals surface area contributed by atoms with Crippen LogP contribution in [0, 0.1) is 5.92 Å². The number of likely N-dealkylation sites (tertiary alicyclic amines) is 1. The van der Waals surface area contributed by atoms with Gasteiger partial charge in [-0.05, 0) is 38.6 Å². The van der Waals surface area contributed by atoms with Crippen LogP contribution in [0.3, 0.4) is 0 Å². The Bertz CT molecular complexity index is 455. The number of amides is 1. The van der Waals surface area contributed by atoms with Gasteiger partial charge in [0.2, 0.25) is 5.91 Å². The molecule has 1 heterocycles. The topological polar surface area (TPSA) is 80.5 Å². The monoisotopic (exact) mass is 288 g/mol. The summed E-state index contributed by atoms with van der Waals surface area (Å²) in [6.45, 7) is 3.15. The number of hydrogen-bond donors (Lipinski definition) is 1. The van der Waals surface area contributed by atoms with Crippen LogP contribution in [-0.2, 0) is 14.6 Å². The van der Waals surface area contributed by atoms with Crippen molar-refractivity contribution >= 4 is 15.7 Å². The van der Waals surface area contributed by atoms with Gasteiger partial charge in [-0.25, -0.2) is 8.42 Å². The molecule has 0 bridgehead atoms. The maximum atomic E-state index is 12.8. The van der Waals surface area contributed by atoms with Gasteiger partial charge in [0, 0.05) is 18.8 Å². The van der Waals surface area contributed by atoms with Crippen molar-refractivity contribution in [2.45, 2.75) is 49.8 Å². The molecule has 1 aliphatic heterocycles. The van der Waals surface area contributed by atoms with Gasteiger partial charge >= 0.3 is 0 Å². The summed E-state index contributed by atoms with van der Waals surface area (Å²) in [5, 5.41) is 0. The summed E-state index contributed by atoms with van der Waals surface area (Å²) in [7, 11) is -3.37. The van der Waals surface area contributed by atoms with Crippen molar-refractivity contribution < 1.29 is 13.2 Å². The van der Waals surface area contributed by atoms with Crippen LogP contribution >= 0.6 is 0 Å². The number of nitrogens with two attached hydrogens (primary N) is 1. The molecule has 2 N–H and O–H groups in total. The fourth-order valence-electron chi connectivity index (χ4n) is 3.55. The SMILES string of the molecule is CC1CC(CN)CN1C(=O)C1(S(C)(=O)=O)CCCC1. The second-order valence-corrected chi connectivity index (χ2v) is 8.44. The number of sulfone groups is 1. The van der Waals surface area contributed by atoms with Gasteiger partial charge in [-0.2, -0.15) is 0 Å². The van der Waals surface area contributed by atoms with E-state index in [4.69, 9.17) is 5.73 Å². The van der Waals surface area contributed by atoms with Crippen LogP contribution in [0.25, 0.3) is 0 Å². The summed E-state index contributed by atoms with van der Waals surface area (Å²) in [4.78, 5) is 14.5. The van der Waals surface area contributed by atoms with Gasteiger partial charge in [0.1, 0.15) is 0 Å². The molecule has 0 aromatic carbocycles. The van der Waals surface area contributed by atoms with Crippen molar-refractivity contribution in [3.8, 4) is 0 Å². The van der Waals surface area contributed by atoms with Crippen molar-refractivity contribution in [1.29, 1.82) is 0 Å². The molecule has 110 valence electrons. The third-order valence-electron chi connectivity index (χ3n) is 4.77. The molecule has 1 saturated carbocycles. The normalized spacial score (nSPS) is 30.8. The van der Waals surface area contributed by atoms with Gasteiger partial charge < -0.3 is 10.6 Å². The first-order valence-electron chi connectivity index (χ1n) is 7.02. The van der Waals surface area contributed by atoms with Gasteiger partial charge in [-0.3, -0.25) is 4.79 Å². The molecule has 2 fully saturated rings. The molecule has 0 radical (unpaired) electrons. The van der Waals surface area contributed by atoms with E-state index in [2.05, 4.69) is 0 Å². The zero-order valence-corrected chi connectivity index (χ0v) is 12.6. The fourth-order valence-corrected chi connectivity index (χ4v) is 5.01. The summed E-state index contributed by atoms with van der Waals surface area (Å²) in [6, 6.07) is 0.0975. The summed E-state index contributed by atoms with van der Waals surface area (Å²) in [6.07, 6.45) is 4.67. The van der Waals surface area contributed by atoms with E-state index in [1.165, 1.54) is 6.26 Å². The minimum atomic E-state index is -3.37. The predicted molar refractivity (Wildman–Crippen MR) is 74.4 cm³/mol. The van der Waals surface area contributed by atoms with Crippen molar-refractivity contribution in [3.63, 3.8) is 0 Å². The van der Waals surface area contributed by atoms with Crippen molar-refractivity contribution in [1.82, 2.24) is 4.90 Å². The van der Waals surface area contributed by atoms with Crippen LogP contribution in [0.15, 0.2) is 0 Å². The third kappa shape index (κ3) is 2.40. The van der Waals surface area contributed by atoms with Crippen molar-refractivity contribution in [3.05, 3.63) is 0 Å². The van der Waals surface area contributed by atoms with E-state index in [-0.39, 0.29) is 11.9 Å². The minimum absolute atomic E-state index is 0.0975. The number of nitrogens with zero attached hydrogens (tertiary/aromatic N) is 1. The van der Waals surface area contributed by atoms with Crippen LogP contribution in [0.2, 0.25) is 0 Å². The van der Waals surface area contributed by atoms with E-state index in [0.29, 0.717) is 31.8 Å². The lowest BCUT2D eigenvalue weighted by molar-refractivity contribution is -0.134. The lowest BCUT2D eigenvalue weighted by atomic mass is 10.0. The highest BCUT2D eigenvalue weighted by molar-refractivity contribution is 7.92. The van der Waals surface area contributed by atoms with Crippen LogP contribution in [0.5, 0.6) is 0 Å². The molecule has 0 spiro atoms. The Kier molecular flexibility index (Phi) is 3.93. The highest BCUT2D eigenvalue weighted by Crippen LogP contribution is 2.40. The molecular weight excluding hydrogens is 264 g/mol. The van der Waals surface area contributed by atoms with Gasteiger partial charge in [0.15, 0.2) is 14.6 Å². The quantitative estimate of drug-likeness (QED) is 0.822. The number of carbonyl (C=O) groups is 1. The van der Waals surface area contributed by atoms with Gasteiger partial charge in [-0.15, -0.1) is 0 Å². The van der Waals surface area contributed by atoms with Crippen molar-refractivity contribution in [2.75, 3.05) is 19.3 Å². The summed E-state index contributed by atoms with van der Waals surface area (Å²) in [5.74, 6) is 0.118. The van der Waals surface area contributed by atoms with Crippen LogP contribution in [0.4, 0.5) is 0 Å². The molecule has 1 aliphatic carbocycles. The number of hydrogen-bond acceptors (Lipinski definition) is 4. The first kappa shape index (κ1) is 14.8. The summed E-state index contributed by atoms with van der Waals surface area (Å²) in [5.41, 5.74) is 5.67. The Balaban J connectivity index is 2.27.